The Morgan fingerprint density at radius 1 is 1.50 bits per heavy atom. The highest BCUT2D eigenvalue weighted by Crippen LogP contribution is 2.30. The molecule has 0 bridgehead atoms. The molecule has 20 heavy (non-hydrogen) atoms. The Bertz CT molecular complexity index is 626. The third-order valence-electron chi connectivity index (χ3n) is 2.82. The van der Waals surface area contributed by atoms with Gasteiger partial charge in [0, 0.05) is 36.0 Å². The molecule has 2 aromatic rings. The quantitative estimate of drug-likeness (QED) is 0.750. The van der Waals surface area contributed by atoms with Crippen LogP contribution < -0.4 is 10.3 Å². The number of nitrogens with zero attached hydrogens (tertiary/aromatic N) is 1. The molecule has 0 aliphatic heterocycles. The van der Waals surface area contributed by atoms with E-state index in [0.717, 1.165) is 29.1 Å². The van der Waals surface area contributed by atoms with Crippen molar-refractivity contribution in [2.24, 2.45) is 0 Å². The zero-order valence-corrected chi connectivity index (χ0v) is 14.3. The third kappa shape index (κ3) is 3.58. The molecular formula is C13H16BrNO3S2. The van der Waals surface area contributed by atoms with E-state index in [-0.39, 0.29) is 12.0 Å². The van der Waals surface area contributed by atoms with Gasteiger partial charge in [-0.1, -0.05) is 0 Å². The van der Waals surface area contributed by atoms with Crippen LogP contribution in [0.1, 0.15) is 6.92 Å². The van der Waals surface area contributed by atoms with Crippen LogP contribution in [0.15, 0.2) is 25.1 Å². The molecule has 0 aromatic carbocycles. The highest BCUT2D eigenvalue weighted by Gasteiger charge is 2.13. The number of anilines is 1. The van der Waals surface area contributed by atoms with Gasteiger partial charge in [-0.25, -0.2) is 0 Å². The number of aliphatic hydroxyl groups excluding tert-OH is 1. The maximum absolute atomic E-state index is 12.1. The normalized spacial score (nSPS) is 11.2. The van der Waals surface area contributed by atoms with E-state index < -0.39 is 0 Å². The first kappa shape index (κ1) is 15.9. The number of hydrogen-bond acceptors (Lipinski definition) is 6. The largest absolute Gasteiger partial charge is 0.438 e. The fraction of sp³-hybridized carbons (Fsp3) is 0.462. The standard InChI is InChI=1S/C13H16BrNO3S2/c1-2-15(3-5-19-6-4-16)11-7-10(17)13-12(18-11)9(14)8-20-13/h7-8,16H,2-6H2,1H3. The van der Waals surface area contributed by atoms with Gasteiger partial charge in [0.15, 0.2) is 11.5 Å². The fourth-order valence-electron chi connectivity index (χ4n) is 1.82. The van der Waals surface area contributed by atoms with Crippen molar-refractivity contribution in [1.29, 1.82) is 0 Å². The Labute approximate surface area is 133 Å². The number of aliphatic hydroxyl groups is 1. The van der Waals surface area contributed by atoms with Crippen LogP contribution in [0.3, 0.4) is 0 Å². The number of thioether (sulfide) groups is 1. The summed E-state index contributed by atoms with van der Waals surface area (Å²) in [5.74, 6) is 2.23. The molecule has 0 spiro atoms. The average Bonchev–Trinajstić information content (AvgIpc) is 2.81. The summed E-state index contributed by atoms with van der Waals surface area (Å²) in [6.45, 7) is 3.79. The summed E-state index contributed by atoms with van der Waals surface area (Å²) in [5.41, 5.74) is 0.623. The minimum Gasteiger partial charge on any atom is -0.438 e. The second kappa shape index (κ2) is 7.49. The van der Waals surface area contributed by atoms with E-state index in [1.54, 1.807) is 17.8 Å². The van der Waals surface area contributed by atoms with Crippen molar-refractivity contribution in [1.82, 2.24) is 0 Å². The summed E-state index contributed by atoms with van der Waals surface area (Å²) in [7, 11) is 0. The lowest BCUT2D eigenvalue weighted by atomic mass is 10.4. The molecule has 0 saturated heterocycles. The van der Waals surface area contributed by atoms with Gasteiger partial charge in [-0.05, 0) is 22.9 Å². The first-order valence-electron chi connectivity index (χ1n) is 6.31. The smallest absolute Gasteiger partial charge is 0.204 e. The maximum atomic E-state index is 12.1. The van der Waals surface area contributed by atoms with E-state index in [1.807, 2.05) is 17.2 Å². The first-order valence-corrected chi connectivity index (χ1v) is 9.14. The second-order valence-electron chi connectivity index (χ2n) is 4.11. The van der Waals surface area contributed by atoms with Crippen molar-refractivity contribution < 1.29 is 9.52 Å². The second-order valence-corrected chi connectivity index (χ2v) is 7.07. The van der Waals surface area contributed by atoms with Crippen LogP contribution in [0.5, 0.6) is 0 Å². The molecule has 0 radical (unpaired) electrons. The highest BCUT2D eigenvalue weighted by molar-refractivity contribution is 9.10. The molecule has 0 unspecified atom stereocenters. The molecule has 0 aliphatic rings. The summed E-state index contributed by atoms with van der Waals surface area (Å²) < 4.78 is 7.32. The maximum Gasteiger partial charge on any atom is 0.204 e. The van der Waals surface area contributed by atoms with Crippen molar-refractivity contribution in [2.45, 2.75) is 6.92 Å². The number of fused-ring (bicyclic) bond motifs is 1. The third-order valence-corrected chi connectivity index (χ3v) is 5.63. The van der Waals surface area contributed by atoms with Crippen molar-refractivity contribution in [2.75, 3.05) is 36.1 Å². The molecule has 4 nitrogen and oxygen atoms in total. The van der Waals surface area contributed by atoms with Crippen molar-refractivity contribution in [3.8, 4) is 0 Å². The van der Waals surface area contributed by atoms with Crippen LogP contribution in [0.25, 0.3) is 10.3 Å². The van der Waals surface area contributed by atoms with Gasteiger partial charge in [0.05, 0.1) is 11.1 Å². The number of halogens is 1. The van der Waals surface area contributed by atoms with Gasteiger partial charge in [0.25, 0.3) is 0 Å². The molecule has 0 amide bonds. The minimum absolute atomic E-state index is 0.00147. The molecule has 0 saturated carbocycles. The van der Waals surface area contributed by atoms with Crippen molar-refractivity contribution in [3.63, 3.8) is 0 Å². The summed E-state index contributed by atoms with van der Waals surface area (Å²) >= 11 is 6.48. The zero-order valence-electron chi connectivity index (χ0n) is 11.1. The summed E-state index contributed by atoms with van der Waals surface area (Å²) in [6, 6.07) is 1.56. The van der Waals surface area contributed by atoms with Gasteiger partial charge < -0.3 is 14.4 Å². The van der Waals surface area contributed by atoms with Crippen LogP contribution in [-0.4, -0.2) is 36.3 Å². The number of thiophene rings is 1. The predicted molar refractivity (Wildman–Crippen MR) is 90.4 cm³/mol. The van der Waals surface area contributed by atoms with Crippen LogP contribution >= 0.6 is 39.0 Å². The highest BCUT2D eigenvalue weighted by atomic mass is 79.9. The van der Waals surface area contributed by atoms with Crippen LogP contribution in [0.4, 0.5) is 5.88 Å². The molecule has 0 aliphatic carbocycles. The molecule has 110 valence electrons. The minimum atomic E-state index is -0.00147. The van der Waals surface area contributed by atoms with Gasteiger partial charge in [-0.15, -0.1) is 11.3 Å². The molecule has 7 heteroatoms. The lowest BCUT2D eigenvalue weighted by Crippen LogP contribution is -2.26. The Morgan fingerprint density at radius 3 is 3.00 bits per heavy atom. The van der Waals surface area contributed by atoms with E-state index in [0.29, 0.717) is 16.2 Å². The monoisotopic (exact) mass is 377 g/mol. The van der Waals surface area contributed by atoms with Crippen LogP contribution in [-0.2, 0) is 0 Å². The molecule has 2 rings (SSSR count). The van der Waals surface area contributed by atoms with E-state index in [2.05, 4.69) is 15.9 Å². The lowest BCUT2D eigenvalue weighted by Gasteiger charge is -2.20. The SMILES string of the molecule is CCN(CCSCCO)c1cc(=O)c2scc(Br)c2o1. The summed E-state index contributed by atoms with van der Waals surface area (Å²) in [5, 5.41) is 10.6. The predicted octanol–water partition coefficient (Wildman–Crippen LogP) is 3.17. The van der Waals surface area contributed by atoms with Gasteiger partial charge >= 0.3 is 0 Å². The molecule has 0 atom stereocenters. The van der Waals surface area contributed by atoms with Gasteiger partial charge in [0.1, 0.15) is 4.70 Å². The summed E-state index contributed by atoms with van der Waals surface area (Å²) in [4.78, 5) is 14.1. The number of hydrogen-bond donors (Lipinski definition) is 1. The van der Waals surface area contributed by atoms with E-state index >= 15 is 0 Å². The molecule has 1 N–H and O–H groups in total. The van der Waals surface area contributed by atoms with Gasteiger partial charge in [-0.3, -0.25) is 4.79 Å². The van der Waals surface area contributed by atoms with Gasteiger partial charge in [0.2, 0.25) is 5.43 Å². The average molecular weight is 378 g/mol. The van der Waals surface area contributed by atoms with E-state index in [1.165, 1.54) is 11.3 Å². The van der Waals surface area contributed by atoms with E-state index in [9.17, 15) is 4.79 Å². The Balaban J connectivity index is 2.21. The number of rotatable bonds is 7. The molecule has 0 fully saturated rings. The Kier molecular flexibility index (Phi) is 5.95. The van der Waals surface area contributed by atoms with E-state index in [4.69, 9.17) is 9.52 Å². The van der Waals surface area contributed by atoms with Crippen LogP contribution in [0, 0.1) is 0 Å². The molecular weight excluding hydrogens is 362 g/mol. The Morgan fingerprint density at radius 2 is 2.30 bits per heavy atom. The van der Waals surface area contributed by atoms with Gasteiger partial charge in [-0.2, -0.15) is 11.8 Å². The summed E-state index contributed by atoms with van der Waals surface area (Å²) in [6.07, 6.45) is 0. The molecule has 2 aromatic heterocycles. The van der Waals surface area contributed by atoms with Crippen molar-refractivity contribution in [3.05, 3.63) is 26.1 Å². The Hall–Kier alpha value is -0.500. The first-order chi connectivity index (χ1) is 9.67. The molecule has 2 heterocycles. The topological polar surface area (TPSA) is 53.7 Å². The van der Waals surface area contributed by atoms with Crippen molar-refractivity contribution >= 4 is 55.2 Å². The fourth-order valence-corrected chi connectivity index (χ4v) is 3.96. The van der Waals surface area contributed by atoms with Crippen LogP contribution in [0.2, 0.25) is 0 Å². The zero-order chi connectivity index (χ0) is 14.5. The lowest BCUT2D eigenvalue weighted by molar-refractivity contribution is 0.322.